The van der Waals surface area contributed by atoms with Crippen LogP contribution in [0.5, 0.6) is 0 Å². The van der Waals surface area contributed by atoms with Crippen molar-refractivity contribution in [2.75, 3.05) is 33.4 Å². The van der Waals surface area contributed by atoms with Crippen molar-refractivity contribution in [2.45, 2.75) is 25.7 Å². The van der Waals surface area contributed by atoms with Gasteiger partial charge in [-0.15, -0.1) is 0 Å². The van der Waals surface area contributed by atoms with Crippen LogP contribution >= 0.6 is 0 Å². The normalized spacial score (nSPS) is 11.5. The van der Waals surface area contributed by atoms with Crippen molar-refractivity contribution in [3.8, 4) is 11.1 Å². The molecule has 1 amide bonds. The molecule has 0 radical (unpaired) electrons. The highest BCUT2D eigenvalue weighted by molar-refractivity contribution is 5.78. The number of ether oxygens (including phenoxy) is 2. The van der Waals surface area contributed by atoms with Gasteiger partial charge in [-0.2, -0.15) is 0 Å². The van der Waals surface area contributed by atoms with E-state index in [0.717, 1.165) is 18.7 Å². The molecule has 1 aliphatic rings. The average Bonchev–Trinajstić information content (AvgIpc) is 3.20. The summed E-state index contributed by atoms with van der Waals surface area (Å²) in [5, 5.41) is 2.20. The molecule has 0 bridgehead atoms. The van der Waals surface area contributed by atoms with Gasteiger partial charge in [0.2, 0.25) is 6.41 Å². The van der Waals surface area contributed by atoms with Gasteiger partial charge in [0.15, 0.2) is 0 Å². The number of benzene rings is 2. The first-order valence-corrected chi connectivity index (χ1v) is 11.7. The number of amides is 1. The molecule has 0 unspecified atom stereocenters. The maximum atomic E-state index is 10.9. The van der Waals surface area contributed by atoms with Gasteiger partial charge in [-0.1, -0.05) is 93.3 Å². The van der Waals surface area contributed by atoms with Crippen molar-refractivity contribution in [1.29, 1.82) is 0 Å². The van der Waals surface area contributed by atoms with E-state index in [-0.39, 0.29) is 13.2 Å². The van der Waals surface area contributed by atoms with Crippen LogP contribution in [0.1, 0.15) is 36.8 Å². The minimum Gasteiger partial charge on any atom is -0.460 e. The molecule has 0 spiro atoms. The van der Waals surface area contributed by atoms with Crippen LogP contribution in [0.4, 0.5) is 0 Å². The number of allylic oxidation sites excluding steroid dienone is 2. The van der Waals surface area contributed by atoms with Gasteiger partial charge in [-0.25, -0.2) is 0 Å². The van der Waals surface area contributed by atoms with Crippen LogP contribution in [0.25, 0.3) is 11.1 Å². The molecule has 3 rings (SSSR count). The molecule has 2 aromatic carbocycles. The third-order valence-electron chi connectivity index (χ3n) is 5.18. The number of unbranched alkanes of at least 4 members (excludes halogenated alkanes) is 1. The Bertz CT molecular complexity index is 921. The second kappa shape index (κ2) is 17.9. The van der Waals surface area contributed by atoms with Crippen LogP contribution in [0.2, 0.25) is 0 Å². The van der Waals surface area contributed by atoms with E-state index in [1.165, 1.54) is 35.1 Å². The predicted molar refractivity (Wildman–Crippen MR) is 143 cm³/mol. The highest BCUT2D eigenvalue weighted by atomic mass is 16.5. The lowest BCUT2D eigenvalue weighted by atomic mass is 9.98. The monoisotopic (exact) mass is 478 g/mol. The van der Waals surface area contributed by atoms with E-state index in [9.17, 15) is 9.59 Å². The second-order valence-electron chi connectivity index (χ2n) is 7.67. The van der Waals surface area contributed by atoms with Gasteiger partial charge in [0.05, 0.1) is 6.61 Å². The molecular formula is C29H38N2O4. The smallest absolute Gasteiger partial charge is 0.325 e. The Labute approximate surface area is 209 Å². The molecule has 0 aromatic heterocycles. The standard InChI is InChI=1S/C15H14O.C10H13NO3.C4H11N/c1-16-10-15-13-8-4-2-6-11(13)12-7-3-5-9-14(12)15;1-3-5-9(4-2)7-14-10(13)6-11-8-12;1-2-3-4-5/h2-9,15H,10H2,1H3;3-5,8H,1-2,6-7H2,(H,11,12);2-5H2,1H3/b;9-5+;. The summed E-state index contributed by atoms with van der Waals surface area (Å²) < 4.78 is 10.1. The summed E-state index contributed by atoms with van der Waals surface area (Å²) >= 11 is 0. The van der Waals surface area contributed by atoms with E-state index in [4.69, 9.17) is 15.2 Å². The molecule has 1 aliphatic carbocycles. The number of hydrogen-bond acceptors (Lipinski definition) is 5. The fourth-order valence-corrected chi connectivity index (χ4v) is 3.48. The van der Waals surface area contributed by atoms with Crippen LogP contribution in [0, 0.1) is 0 Å². The Kier molecular flexibility index (Phi) is 15.1. The van der Waals surface area contributed by atoms with Crippen LogP contribution in [-0.2, 0) is 19.1 Å². The fraction of sp³-hybridized carbons (Fsp3) is 0.310. The number of esters is 1. The number of nitrogens with two attached hydrogens (primary N) is 1. The molecule has 188 valence electrons. The number of hydrogen-bond donors (Lipinski definition) is 2. The number of fused-ring (bicyclic) bond motifs is 3. The SMILES string of the molecule is C=C/C=C(\C=C)COC(=O)CNC=O.CCCCN.COCC1c2ccccc2-c2ccccc21. The van der Waals surface area contributed by atoms with E-state index in [1.807, 2.05) is 0 Å². The summed E-state index contributed by atoms with van der Waals surface area (Å²) in [5.74, 6) is -0.0914. The molecule has 0 atom stereocenters. The Morgan fingerprint density at radius 1 is 1.09 bits per heavy atom. The molecule has 0 heterocycles. The van der Waals surface area contributed by atoms with Crippen LogP contribution in [0.3, 0.4) is 0 Å². The molecular weight excluding hydrogens is 440 g/mol. The van der Waals surface area contributed by atoms with E-state index in [2.05, 4.69) is 73.9 Å². The maximum Gasteiger partial charge on any atom is 0.325 e. The van der Waals surface area contributed by atoms with Crippen LogP contribution in [-0.4, -0.2) is 45.8 Å². The quantitative estimate of drug-likeness (QED) is 0.276. The molecule has 0 aliphatic heterocycles. The third-order valence-corrected chi connectivity index (χ3v) is 5.18. The number of carbonyl (C=O) groups is 2. The highest BCUT2D eigenvalue weighted by Gasteiger charge is 2.27. The summed E-state index contributed by atoms with van der Waals surface area (Å²) in [5.41, 5.74) is 11.4. The second-order valence-corrected chi connectivity index (χ2v) is 7.67. The summed E-state index contributed by atoms with van der Waals surface area (Å²) in [6, 6.07) is 17.2. The van der Waals surface area contributed by atoms with Crippen LogP contribution in [0.15, 0.2) is 85.5 Å². The topological polar surface area (TPSA) is 90.7 Å². The molecule has 35 heavy (non-hydrogen) atoms. The summed E-state index contributed by atoms with van der Waals surface area (Å²) in [6.45, 7) is 10.8. The number of rotatable bonds is 11. The van der Waals surface area contributed by atoms with Crippen molar-refractivity contribution in [3.63, 3.8) is 0 Å². The van der Waals surface area contributed by atoms with E-state index in [1.54, 1.807) is 25.3 Å². The number of nitrogens with one attached hydrogen (secondary N) is 1. The zero-order chi connectivity index (χ0) is 25.9. The molecule has 2 aromatic rings. The first-order chi connectivity index (χ1) is 17.1. The number of carbonyl (C=O) groups excluding carboxylic acids is 2. The lowest BCUT2D eigenvalue weighted by Gasteiger charge is -2.11. The molecule has 0 saturated heterocycles. The van der Waals surface area contributed by atoms with Gasteiger partial charge in [0.25, 0.3) is 0 Å². The van der Waals surface area contributed by atoms with E-state index >= 15 is 0 Å². The van der Waals surface area contributed by atoms with E-state index < -0.39 is 5.97 Å². The minimum atomic E-state index is -0.492. The molecule has 3 N–H and O–H groups in total. The van der Waals surface area contributed by atoms with Crippen molar-refractivity contribution in [3.05, 3.63) is 96.6 Å². The van der Waals surface area contributed by atoms with Gasteiger partial charge in [0, 0.05) is 13.0 Å². The molecule has 0 fully saturated rings. The largest absolute Gasteiger partial charge is 0.460 e. The third kappa shape index (κ3) is 10.1. The van der Waals surface area contributed by atoms with E-state index in [0.29, 0.717) is 12.3 Å². The van der Waals surface area contributed by atoms with Gasteiger partial charge >= 0.3 is 5.97 Å². The predicted octanol–water partition coefficient (Wildman–Crippen LogP) is 4.76. The molecule has 6 nitrogen and oxygen atoms in total. The van der Waals surface area contributed by atoms with Crippen LogP contribution < -0.4 is 11.1 Å². The van der Waals surface area contributed by atoms with Gasteiger partial charge in [0.1, 0.15) is 13.2 Å². The molecule has 0 saturated carbocycles. The average molecular weight is 479 g/mol. The minimum absolute atomic E-state index is 0.123. The first-order valence-electron chi connectivity index (χ1n) is 11.7. The van der Waals surface area contributed by atoms with Crippen molar-refractivity contribution in [1.82, 2.24) is 5.32 Å². The summed E-state index contributed by atoms with van der Waals surface area (Å²) in [7, 11) is 1.77. The highest BCUT2D eigenvalue weighted by Crippen LogP contribution is 2.44. The molecule has 6 heteroatoms. The Morgan fingerprint density at radius 3 is 2.11 bits per heavy atom. The van der Waals surface area contributed by atoms with Crippen molar-refractivity contribution >= 4 is 12.4 Å². The maximum absolute atomic E-state index is 10.9. The Morgan fingerprint density at radius 2 is 1.69 bits per heavy atom. The zero-order valence-corrected chi connectivity index (χ0v) is 20.9. The summed E-state index contributed by atoms with van der Waals surface area (Å²) in [6.07, 6.45) is 7.66. The Balaban J connectivity index is 0.000000297. The lowest BCUT2D eigenvalue weighted by Crippen LogP contribution is -2.23. The lowest BCUT2D eigenvalue weighted by molar-refractivity contribution is -0.142. The van der Waals surface area contributed by atoms with Crippen molar-refractivity contribution < 1.29 is 19.1 Å². The summed E-state index contributed by atoms with van der Waals surface area (Å²) in [4.78, 5) is 20.7. The van der Waals surface area contributed by atoms with Gasteiger partial charge in [-0.3, -0.25) is 9.59 Å². The zero-order valence-electron chi connectivity index (χ0n) is 20.9. The number of methoxy groups -OCH3 is 1. The first kappa shape index (κ1) is 29.6. The fourth-order valence-electron chi connectivity index (χ4n) is 3.48. The van der Waals surface area contributed by atoms with Gasteiger partial charge < -0.3 is 20.5 Å². The van der Waals surface area contributed by atoms with Crippen molar-refractivity contribution in [2.24, 2.45) is 5.73 Å². The Hall–Kier alpha value is -3.48. The van der Waals surface area contributed by atoms with Gasteiger partial charge in [-0.05, 0) is 40.8 Å².